The summed E-state index contributed by atoms with van der Waals surface area (Å²) in [6.07, 6.45) is 3.44. The first-order valence-electron chi connectivity index (χ1n) is 10.8. The standard InChI is InChI=1S/C25H25ClN4O4/c1-16(2)33-12-6-10-28-23(31)18(15-27)14-20-24(34-19-8-9-21(26)17(3)13-19)29-22-7-4-5-11-30(22)25(20)32/h4-5,7-9,11,13-14,16H,6,10,12H2,1-3H3,(H,28,31)/b18-14+. The highest BCUT2D eigenvalue weighted by Crippen LogP contribution is 2.27. The summed E-state index contributed by atoms with van der Waals surface area (Å²) >= 11 is 6.10. The monoisotopic (exact) mass is 480 g/mol. The Balaban J connectivity index is 1.96. The van der Waals surface area contributed by atoms with E-state index in [4.69, 9.17) is 21.1 Å². The van der Waals surface area contributed by atoms with E-state index < -0.39 is 11.5 Å². The van der Waals surface area contributed by atoms with Crippen LogP contribution < -0.4 is 15.6 Å². The second-order valence-electron chi connectivity index (χ2n) is 7.78. The van der Waals surface area contributed by atoms with Crippen molar-refractivity contribution in [3.63, 3.8) is 0 Å². The average Bonchev–Trinajstić information content (AvgIpc) is 2.81. The summed E-state index contributed by atoms with van der Waals surface area (Å²) in [6, 6.07) is 12.0. The zero-order valence-corrected chi connectivity index (χ0v) is 19.9. The van der Waals surface area contributed by atoms with E-state index >= 15 is 0 Å². The van der Waals surface area contributed by atoms with Gasteiger partial charge in [0.2, 0.25) is 5.88 Å². The molecule has 0 bridgehead atoms. The lowest BCUT2D eigenvalue weighted by Crippen LogP contribution is -2.27. The van der Waals surface area contributed by atoms with E-state index in [2.05, 4.69) is 10.3 Å². The van der Waals surface area contributed by atoms with Crippen molar-refractivity contribution < 1.29 is 14.3 Å². The molecule has 9 heteroatoms. The summed E-state index contributed by atoms with van der Waals surface area (Å²) in [7, 11) is 0. The number of fused-ring (bicyclic) bond motifs is 1. The normalized spacial score (nSPS) is 11.5. The first kappa shape index (κ1) is 25.0. The molecule has 0 aliphatic carbocycles. The van der Waals surface area contributed by atoms with E-state index in [1.54, 1.807) is 42.6 Å². The molecule has 2 heterocycles. The Morgan fingerprint density at radius 1 is 1.32 bits per heavy atom. The minimum absolute atomic E-state index is 0.0221. The van der Waals surface area contributed by atoms with E-state index in [-0.39, 0.29) is 23.1 Å². The lowest BCUT2D eigenvalue weighted by atomic mass is 10.1. The van der Waals surface area contributed by atoms with Crippen molar-refractivity contribution >= 4 is 29.2 Å². The zero-order valence-electron chi connectivity index (χ0n) is 19.2. The number of carbonyl (C=O) groups is 1. The highest BCUT2D eigenvalue weighted by molar-refractivity contribution is 6.31. The maximum Gasteiger partial charge on any atom is 0.269 e. The number of aromatic nitrogens is 2. The van der Waals surface area contributed by atoms with Crippen LogP contribution in [0.5, 0.6) is 11.6 Å². The smallest absolute Gasteiger partial charge is 0.269 e. The van der Waals surface area contributed by atoms with Gasteiger partial charge in [-0.3, -0.25) is 14.0 Å². The quantitative estimate of drug-likeness (QED) is 0.278. The van der Waals surface area contributed by atoms with Crippen LogP contribution in [0.15, 0.2) is 53.0 Å². The molecule has 0 spiro atoms. The van der Waals surface area contributed by atoms with Crippen LogP contribution in [-0.2, 0) is 9.53 Å². The van der Waals surface area contributed by atoms with E-state index in [1.165, 1.54) is 10.5 Å². The first-order valence-corrected chi connectivity index (χ1v) is 11.1. The van der Waals surface area contributed by atoms with Crippen molar-refractivity contribution in [2.75, 3.05) is 13.2 Å². The van der Waals surface area contributed by atoms with Gasteiger partial charge in [-0.1, -0.05) is 17.7 Å². The van der Waals surface area contributed by atoms with Gasteiger partial charge in [0, 0.05) is 24.4 Å². The second-order valence-corrected chi connectivity index (χ2v) is 8.18. The Morgan fingerprint density at radius 3 is 2.82 bits per heavy atom. The van der Waals surface area contributed by atoms with Gasteiger partial charge < -0.3 is 14.8 Å². The molecule has 0 atom stereocenters. The highest BCUT2D eigenvalue weighted by Gasteiger charge is 2.17. The molecule has 3 rings (SSSR count). The Morgan fingerprint density at radius 2 is 2.12 bits per heavy atom. The fourth-order valence-electron chi connectivity index (χ4n) is 3.06. The van der Waals surface area contributed by atoms with Crippen molar-refractivity contribution in [3.8, 4) is 17.7 Å². The number of ether oxygens (including phenoxy) is 2. The third kappa shape index (κ3) is 6.22. The Kier molecular flexibility index (Phi) is 8.41. The maximum atomic E-state index is 13.2. The van der Waals surface area contributed by atoms with Gasteiger partial charge in [-0.05, 0) is 69.2 Å². The zero-order chi connectivity index (χ0) is 24.7. The van der Waals surface area contributed by atoms with E-state index in [0.717, 1.165) is 5.56 Å². The summed E-state index contributed by atoms with van der Waals surface area (Å²) in [6.45, 7) is 6.49. The minimum Gasteiger partial charge on any atom is -0.438 e. The van der Waals surface area contributed by atoms with E-state index in [1.807, 2.05) is 26.8 Å². The van der Waals surface area contributed by atoms with E-state index in [0.29, 0.717) is 36.0 Å². The molecule has 0 saturated carbocycles. The molecule has 0 fully saturated rings. The molecule has 0 radical (unpaired) electrons. The lowest BCUT2D eigenvalue weighted by molar-refractivity contribution is -0.117. The molecule has 0 aliphatic rings. The van der Waals surface area contributed by atoms with Crippen molar-refractivity contribution in [3.05, 3.63) is 74.7 Å². The predicted octanol–water partition coefficient (Wildman–Crippen LogP) is 4.29. The number of rotatable bonds is 9. The highest BCUT2D eigenvalue weighted by atomic mass is 35.5. The fraction of sp³-hybridized carbons (Fsp3) is 0.280. The molecule has 176 valence electrons. The number of nitriles is 1. The number of nitrogens with zero attached hydrogens (tertiary/aromatic N) is 3. The van der Waals surface area contributed by atoms with Crippen molar-refractivity contribution in [2.24, 2.45) is 0 Å². The molecular weight excluding hydrogens is 456 g/mol. The van der Waals surface area contributed by atoms with Crippen molar-refractivity contribution in [2.45, 2.75) is 33.3 Å². The summed E-state index contributed by atoms with van der Waals surface area (Å²) in [5, 5.41) is 12.8. The largest absolute Gasteiger partial charge is 0.438 e. The second kappa shape index (κ2) is 11.5. The molecule has 0 saturated heterocycles. The average molecular weight is 481 g/mol. The van der Waals surface area contributed by atoms with Gasteiger partial charge in [0.15, 0.2) is 0 Å². The van der Waals surface area contributed by atoms with Crippen LogP contribution in [0.4, 0.5) is 0 Å². The number of halogens is 1. The van der Waals surface area contributed by atoms with Crippen LogP contribution in [-0.4, -0.2) is 34.5 Å². The maximum absolute atomic E-state index is 13.2. The molecule has 8 nitrogen and oxygen atoms in total. The third-order valence-electron chi connectivity index (χ3n) is 4.79. The molecule has 1 amide bonds. The molecule has 0 unspecified atom stereocenters. The predicted molar refractivity (Wildman–Crippen MR) is 130 cm³/mol. The van der Waals surface area contributed by atoms with Gasteiger partial charge in [0.25, 0.3) is 11.5 Å². The SMILES string of the molecule is Cc1cc(Oc2nc3ccccn3c(=O)c2/C=C(\C#N)C(=O)NCCCOC(C)C)ccc1Cl. The number of aryl methyl sites for hydroxylation is 1. The number of nitrogens with one attached hydrogen (secondary N) is 1. The molecule has 2 aromatic heterocycles. The summed E-state index contributed by atoms with van der Waals surface area (Å²) in [5.41, 5.74) is 0.408. The van der Waals surface area contributed by atoms with Crippen LogP contribution in [0.3, 0.4) is 0 Å². The van der Waals surface area contributed by atoms with Crippen LogP contribution in [0, 0.1) is 18.3 Å². The van der Waals surface area contributed by atoms with Gasteiger partial charge in [-0.15, -0.1) is 0 Å². The Hall–Kier alpha value is -3.67. The summed E-state index contributed by atoms with van der Waals surface area (Å²) in [5.74, 6) is -0.210. The number of hydrogen-bond donors (Lipinski definition) is 1. The van der Waals surface area contributed by atoms with Gasteiger partial charge >= 0.3 is 0 Å². The number of benzene rings is 1. The molecule has 34 heavy (non-hydrogen) atoms. The topological polar surface area (TPSA) is 106 Å². The summed E-state index contributed by atoms with van der Waals surface area (Å²) < 4.78 is 12.7. The number of amides is 1. The van der Waals surface area contributed by atoms with Crippen LogP contribution >= 0.6 is 11.6 Å². The fourth-order valence-corrected chi connectivity index (χ4v) is 3.17. The lowest BCUT2D eigenvalue weighted by Gasteiger charge is -2.11. The molecule has 3 aromatic rings. The summed E-state index contributed by atoms with van der Waals surface area (Å²) in [4.78, 5) is 30.2. The van der Waals surface area contributed by atoms with Crippen molar-refractivity contribution in [1.82, 2.24) is 14.7 Å². The Labute approximate surface area is 202 Å². The molecule has 1 N–H and O–H groups in total. The first-order chi connectivity index (χ1) is 16.3. The van der Waals surface area contributed by atoms with Gasteiger partial charge in [0.1, 0.15) is 28.6 Å². The molecule has 0 aliphatic heterocycles. The van der Waals surface area contributed by atoms with Gasteiger partial charge in [0.05, 0.1) is 6.10 Å². The van der Waals surface area contributed by atoms with Gasteiger partial charge in [-0.2, -0.15) is 10.2 Å². The number of hydrogen-bond acceptors (Lipinski definition) is 6. The van der Waals surface area contributed by atoms with Gasteiger partial charge in [-0.25, -0.2) is 0 Å². The third-order valence-corrected chi connectivity index (χ3v) is 5.21. The van der Waals surface area contributed by atoms with Crippen LogP contribution in [0.25, 0.3) is 11.7 Å². The van der Waals surface area contributed by atoms with E-state index in [9.17, 15) is 14.9 Å². The van der Waals surface area contributed by atoms with Crippen molar-refractivity contribution in [1.29, 1.82) is 5.26 Å². The van der Waals surface area contributed by atoms with Crippen LogP contribution in [0.1, 0.15) is 31.4 Å². The minimum atomic E-state index is -0.599. The van der Waals surface area contributed by atoms with Crippen LogP contribution in [0.2, 0.25) is 5.02 Å². The Bertz CT molecular complexity index is 1320. The molecule has 1 aromatic carbocycles. The number of pyridine rings is 1. The number of carbonyl (C=O) groups excluding carboxylic acids is 1. The molecular formula is C25H25ClN4O4.